The van der Waals surface area contributed by atoms with Crippen molar-refractivity contribution in [3.05, 3.63) is 47.8 Å². The van der Waals surface area contributed by atoms with Gasteiger partial charge in [-0.25, -0.2) is 0 Å². The smallest absolute Gasteiger partial charge is 0.269 e. The maximum atomic E-state index is 11.8. The van der Waals surface area contributed by atoms with Gasteiger partial charge in [-0.05, 0) is 18.2 Å². The first-order valence-electron chi connectivity index (χ1n) is 6.42. The third-order valence-corrected chi connectivity index (χ3v) is 3.14. The van der Waals surface area contributed by atoms with Crippen LogP contribution in [-0.2, 0) is 13.2 Å². The van der Waals surface area contributed by atoms with Crippen LogP contribution in [-0.4, -0.2) is 33.4 Å². The minimum Gasteiger partial charge on any atom is -0.487 e. The van der Waals surface area contributed by atoms with E-state index in [9.17, 15) is 4.79 Å². The van der Waals surface area contributed by atoms with Crippen molar-refractivity contribution < 1.29 is 14.6 Å². The molecule has 1 aliphatic rings. The van der Waals surface area contributed by atoms with Crippen molar-refractivity contribution in [3.63, 3.8) is 0 Å². The van der Waals surface area contributed by atoms with Crippen molar-refractivity contribution in [2.45, 2.75) is 19.2 Å². The molecule has 0 fully saturated rings. The van der Waals surface area contributed by atoms with E-state index in [2.05, 4.69) is 10.4 Å². The van der Waals surface area contributed by atoms with Crippen molar-refractivity contribution in [1.29, 1.82) is 0 Å². The molecule has 6 heteroatoms. The number of benzene rings is 1. The van der Waals surface area contributed by atoms with E-state index in [1.807, 2.05) is 30.3 Å². The van der Waals surface area contributed by atoms with Crippen LogP contribution >= 0.6 is 0 Å². The molecule has 6 nitrogen and oxygen atoms in total. The number of hydrogen-bond donors (Lipinski definition) is 2. The molecule has 0 saturated carbocycles. The predicted molar refractivity (Wildman–Crippen MR) is 71.3 cm³/mol. The molecule has 0 bridgehead atoms. The van der Waals surface area contributed by atoms with Crippen LogP contribution in [0.1, 0.15) is 16.2 Å². The first-order chi connectivity index (χ1) is 9.76. The van der Waals surface area contributed by atoms with Crippen LogP contribution < -0.4 is 10.1 Å². The van der Waals surface area contributed by atoms with Crippen molar-refractivity contribution in [3.8, 4) is 5.75 Å². The van der Waals surface area contributed by atoms with E-state index in [4.69, 9.17) is 9.84 Å². The average Bonchev–Trinajstić information content (AvgIpc) is 2.89. The van der Waals surface area contributed by atoms with Crippen LogP contribution in [0.4, 0.5) is 0 Å². The van der Waals surface area contributed by atoms with E-state index in [0.717, 1.165) is 5.75 Å². The summed E-state index contributed by atoms with van der Waals surface area (Å²) in [4.78, 5) is 11.8. The second kappa shape index (κ2) is 5.34. The van der Waals surface area contributed by atoms with E-state index in [1.54, 1.807) is 10.7 Å². The van der Waals surface area contributed by atoms with Crippen LogP contribution in [0.25, 0.3) is 0 Å². The van der Waals surface area contributed by atoms with Crippen molar-refractivity contribution in [2.75, 3.05) is 6.61 Å². The Morgan fingerprint density at radius 3 is 2.95 bits per heavy atom. The molecule has 20 heavy (non-hydrogen) atoms. The zero-order valence-electron chi connectivity index (χ0n) is 10.8. The second-order valence-corrected chi connectivity index (χ2v) is 4.66. The van der Waals surface area contributed by atoms with Gasteiger partial charge in [-0.2, -0.15) is 5.10 Å². The first-order valence-corrected chi connectivity index (χ1v) is 6.42. The number of carbonyl (C=O) groups is 1. The van der Waals surface area contributed by atoms with Crippen LogP contribution in [0.2, 0.25) is 0 Å². The highest BCUT2D eigenvalue weighted by atomic mass is 16.5. The number of aliphatic hydroxyl groups is 1. The molecule has 1 aromatic heterocycles. The summed E-state index contributed by atoms with van der Waals surface area (Å²) in [7, 11) is 0. The van der Waals surface area contributed by atoms with Gasteiger partial charge < -0.3 is 15.2 Å². The van der Waals surface area contributed by atoms with Crippen molar-refractivity contribution in [2.24, 2.45) is 0 Å². The van der Waals surface area contributed by atoms with Gasteiger partial charge in [-0.15, -0.1) is 0 Å². The minimum absolute atomic E-state index is 0.0963. The number of nitrogens with zero attached hydrogens (tertiary/aromatic N) is 2. The van der Waals surface area contributed by atoms with Gasteiger partial charge in [0.1, 0.15) is 23.7 Å². The van der Waals surface area contributed by atoms with E-state index in [0.29, 0.717) is 24.5 Å². The number of ether oxygens (including phenoxy) is 1. The zero-order chi connectivity index (χ0) is 13.9. The van der Waals surface area contributed by atoms with Crippen LogP contribution in [0.15, 0.2) is 36.4 Å². The quantitative estimate of drug-likeness (QED) is 0.853. The fourth-order valence-corrected chi connectivity index (χ4v) is 2.15. The molecule has 3 rings (SSSR count). The van der Waals surface area contributed by atoms with E-state index >= 15 is 0 Å². The first kappa shape index (κ1) is 12.7. The average molecular weight is 273 g/mol. The summed E-state index contributed by atoms with van der Waals surface area (Å²) in [5.74, 6) is 0.546. The lowest BCUT2D eigenvalue weighted by Gasteiger charge is -2.22. The van der Waals surface area contributed by atoms with Gasteiger partial charge in [0.15, 0.2) is 0 Å². The Morgan fingerprint density at radius 2 is 2.20 bits per heavy atom. The van der Waals surface area contributed by atoms with Crippen LogP contribution in [0.5, 0.6) is 5.75 Å². The largest absolute Gasteiger partial charge is 0.487 e. The molecular weight excluding hydrogens is 258 g/mol. The molecule has 0 aliphatic carbocycles. The maximum absolute atomic E-state index is 11.8. The monoisotopic (exact) mass is 273 g/mol. The summed E-state index contributed by atoms with van der Waals surface area (Å²) in [5.41, 5.74) is 1.19. The van der Waals surface area contributed by atoms with Gasteiger partial charge in [0.2, 0.25) is 0 Å². The molecule has 2 N–H and O–H groups in total. The predicted octanol–water partition coefficient (Wildman–Crippen LogP) is 0.566. The number of carbonyl (C=O) groups excluding carboxylic acids is 1. The molecule has 1 aromatic carbocycles. The van der Waals surface area contributed by atoms with Gasteiger partial charge in [0, 0.05) is 0 Å². The highest BCUT2D eigenvalue weighted by molar-refractivity contribution is 5.93. The van der Waals surface area contributed by atoms with Gasteiger partial charge in [-0.3, -0.25) is 9.48 Å². The normalized spacial score (nSPS) is 17.4. The number of rotatable bonds is 4. The lowest BCUT2D eigenvalue weighted by molar-refractivity contribution is 0.0862. The highest BCUT2D eigenvalue weighted by Gasteiger charge is 2.25. The van der Waals surface area contributed by atoms with Gasteiger partial charge in [0.05, 0.1) is 19.2 Å². The topological polar surface area (TPSA) is 76.4 Å². The molecule has 0 saturated heterocycles. The van der Waals surface area contributed by atoms with Crippen LogP contribution in [0.3, 0.4) is 0 Å². The lowest BCUT2D eigenvalue weighted by Crippen LogP contribution is -2.46. The van der Waals surface area contributed by atoms with Crippen molar-refractivity contribution in [1.82, 2.24) is 15.1 Å². The van der Waals surface area contributed by atoms with Crippen LogP contribution in [0, 0.1) is 0 Å². The van der Waals surface area contributed by atoms with Gasteiger partial charge in [-0.1, -0.05) is 18.2 Å². The summed E-state index contributed by atoms with van der Waals surface area (Å²) < 4.78 is 7.22. The summed E-state index contributed by atoms with van der Waals surface area (Å²) in [6, 6.07) is 10.9. The van der Waals surface area contributed by atoms with Gasteiger partial charge in [0.25, 0.3) is 5.91 Å². The summed E-state index contributed by atoms with van der Waals surface area (Å²) in [5, 5.41) is 16.2. The van der Waals surface area contributed by atoms with E-state index in [-0.39, 0.29) is 18.6 Å². The van der Waals surface area contributed by atoms with E-state index in [1.165, 1.54) is 0 Å². The van der Waals surface area contributed by atoms with E-state index < -0.39 is 0 Å². The fourth-order valence-electron chi connectivity index (χ4n) is 2.15. The molecular formula is C14H15N3O3. The van der Waals surface area contributed by atoms with Gasteiger partial charge >= 0.3 is 0 Å². The van der Waals surface area contributed by atoms with Crippen molar-refractivity contribution >= 4 is 5.91 Å². The molecule has 0 spiro atoms. The summed E-state index contributed by atoms with van der Waals surface area (Å²) in [6.45, 7) is 0.685. The lowest BCUT2D eigenvalue weighted by atomic mass is 10.2. The number of aromatic nitrogens is 2. The zero-order valence-corrected chi connectivity index (χ0v) is 10.8. The third-order valence-electron chi connectivity index (χ3n) is 3.14. The summed E-state index contributed by atoms with van der Waals surface area (Å²) >= 11 is 0. The summed E-state index contributed by atoms with van der Waals surface area (Å²) in [6.07, 6.45) is 0. The number of aliphatic hydroxyl groups excluding tert-OH is 1. The SMILES string of the molecule is O=C1N[C@H](CO)Cn2nc(COc3ccccc3)cc21. The molecule has 1 atom stereocenters. The molecule has 1 amide bonds. The second-order valence-electron chi connectivity index (χ2n) is 4.66. The molecule has 0 radical (unpaired) electrons. The Bertz CT molecular complexity index is 609. The molecule has 2 aromatic rings. The Balaban J connectivity index is 1.72. The third kappa shape index (κ3) is 2.50. The minimum atomic E-state index is -0.280. The molecule has 104 valence electrons. The number of nitrogens with one attached hydrogen (secondary N) is 1. The number of hydrogen-bond acceptors (Lipinski definition) is 4. The molecule has 0 unspecified atom stereocenters. The maximum Gasteiger partial charge on any atom is 0.269 e. The number of fused-ring (bicyclic) bond motifs is 1. The Labute approximate surface area is 116 Å². The standard InChI is InChI=1S/C14H15N3O3/c18-8-11-7-17-13(14(19)15-11)6-10(16-17)9-20-12-4-2-1-3-5-12/h1-6,11,18H,7-9H2,(H,15,19)/t11-/m0/s1. The Morgan fingerprint density at radius 1 is 1.40 bits per heavy atom. The molecule has 1 aliphatic heterocycles. The Kier molecular flexibility index (Phi) is 3.39. The Hall–Kier alpha value is -2.34. The number of para-hydroxylation sites is 1. The fraction of sp³-hybridized carbons (Fsp3) is 0.286. The molecule has 2 heterocycles. The highest BCUT2D eigenvalue weighted by Crippen LogP contribution is 2.14. The number of amides is 1.